The van der Waals surface area contributed by atoms with Gasteiger partial charge >= 0.3 is 0 Å². The molecule has 1 aromatic carbocycles. The smallest absolute Gasteiger partial charge is 0.115 e. The van der Waals surface area contributed by atoms with Gasteiger partial charge in [0, 0.05) is 19.0 Å². The summed E-state index contributed by atoms with van der Waals surface area (Å²) < 4.78 is 0. The summed E-state index contributed by atoms with van der Waals surface area (Å²) in [5.41, 5.74) is 1.07. The van der Waals surface area contributed by atoms with Crippen LogP contribution in [0.25, 0.3) is 0 Å². The molecule has 1 aromatic rings. The van der Waals surface area contributed by atoms with Gasteiger partial charge in [0.15, 0.2) is 0 Å². The van der Waals surface area contributed by atoms with Gasteiger partial charge in [-0.2, -0.15) is 0 Å². The van der Waals surface area contributed by atoms with E-state index in [1.165, 1.54) is 0 Å². The lowest BCUT2D eigenvalue weighted by atomic mass is 10.2. The van der Waals surface area contributed by atoms with Crippen LogP contribution in [0, 0.1) is 0 Å². The van der Waals surface area contributed by atoms with Gasteiger partial charge in [-0.1, -0.05) is 12.1 Å². The second-order valence-corrected chi connectivity index (χ2v) is 2.91. The number of hydrogen-bond donors (Lipinski definition) is 2. The quantitative estimate of drug-likeness (QED) is 0.553. The standard InChI is InChI=1S/C9H12ClNO/c10-4-5-11-7-8-2-1-3-9(12)6-8/h1-3,6,11-12H,4-5,7H2. The molecule has 3 heteroatoms. The van der Waals surface area contributed by atoms with Gasteiger partial charge < -0.3 is 10.4 Å². The maximum absolute atomic E-state index is 9.12. The molecule has 0 saturated carbocycles. The monoisotopic (exact) mass is 185 g/mol. The molecule has 66 valence electrons. The lowest BCUT2D eigenvalue weighted by molar-refractivity contribution is 0.474. The average molecular weight is 186 g/mol. The second kappa shape index (κ2) is 5.01. The van der Waals surface area contributed by atoms with E-state index < -0.39 is 0 Å². The maximum atomic E-state index is 9.12. The van der Waals surface area contributed by atoms with Crippen molar-refractivity contribution in [2.45, 2.75) is 6.54 Å². The molecule has 0 saturated heterocycles. The molecule has 0 radical (unpaired) electrons. The number of phenols is 1. The molecule has 2 N–H and O–H groups in total. The van der Waals surface area contributed by atoms with Gasteiger partial charge in [-0.25, -0.2) is 0 Å². The summed E-state index contributed by atoms with van der Waals surface area (Å²) in [6.45, 7) is 1.54. The first kappa shape index (κ1) is 9.36. The van der Waals surface area contributed by atoms with Gasteiger partial charge in [-0.15, -0.1) is 11.6 Å². The zero-order chi connectivity index (χ0) is 8.81. The Labute approximate surface area is 77.2 Å². The van der Waals surface area contributed by atoms with E-state index in [-0.39, 0.29) is 0 Å². The number of nitrogens with one attached hydrogen (secondary N) is 1. The van der Waals surface area contributed by atoms with E-state index in [0.717, 1.165) is 18.7 Å². The van der Waals surface area contributed by atoms with Crippen molar-refractivity contribution < 1.29 is 5.11 Å². The number of alkyl halides is 1. The Morgan fingerprint density at radius 3 is 2.92 bits per heavy atom. The molecule has 0 aliphatic carbocycles. The van der Waals surface area contributed by atoms with E-state index in [0.29, 0.717) is 11.6 Å². The highest BCUT2D eigenvalue weighted by molar-refractivity contribution is 6.18. The molecule has 0 amide bonds. The molecule has 0 aliphatic heterocycles. The fourth-order valence-electron chi connectivity index (χ4n) is 0.966. The highest BCUT2D eigenvalue weighted by atomic mass is 35.5. The maximum Gasteiger partial charge on any atom is 0.115 e. The van der Waals surface area contributed by atoms with E-state index in [9.17, 15) is 0 Å². The molecule has 0 heterocycles. The molecule has 0 aromatic heterocycles. The second-order valence-electron chi connectivity index (χ2n) is 2.54. The summed E-state index contributed by atoms with van der Waals surface area (Å²) in [6.07, 6.45) is 0. The van der Waals surface area contributed by atoms with Crippen LogP contribution < -0.4 is 5.32 Å². The van der Waals surface area contributed by atoms with Crippen LogP contribution in [0.3, 0.4) is 0 Å². The van der Waals surface area contributed by atoms with Crippen LogP contribution in [0.4, 0.5) is 0 Å². The topological polar surface area (TPSA) is 32.3 Å². The molecule has 0 unspecified atom stereocenters. The molecule has 2 nitrogen and oxygen atoms in total. The number of phenolic OH excluding ortho intramolecular Hbond substituents is 1. The van der Waals surface area contributed by atoms with Crippen molar-refractivity contribution in [2.75, 3.05) is 12.4 Å². The molecule has 0 atom stereocenters. The molecular formula is C9H12ClNO. The lowest BCUT2D eigenvalue weighted by Crippen LogP contribution is -2.15. The zero-order valence-electron chi connectivity index (χ0n) is 6.76. The SMILES string of the molecule is Oc1cccc(CNCCCl)c1. The lowest BCUT2D eigenvalue weighted by Gasteiger charge is -2.02. The summed E-state index contributed by atoms with van der Waals surface area (Å²) in [6, 6.07) is 7.18. The van der Waals surface area contributed by atoms with E-state index in [1.54, 1.807) is 12.1 Å². The van der Waals surface area contributed by atoms with Crippen LogP contribution in [-0.2, 0) is 6.54 Å². The van der Waals surface area contributed by atoms with Gasteiger partial charge in [-0.05, 0) is 17.7 Å². The predicted molar refractivity (Wildman–Crippen MR) is 50.5 cm³/mol. The van der Waals surface area contributed by atoms with Gasteiger partial charge in [0.05, 0.1) is 0 Å². The highest BCUT2D eigenvalue weighted by Gasteiger charge is 1.92. The first-order chi connectivity index (χ1) is 5.83. The Balaban J connectivity index is 2.41. The number of benzene rings is 1. The zero-order valence-corrected chi connectivity index (χ0v) is 7.51. The molecule has 0 aliphatic rings. The summed E-state index contributed by atoms with van der Waals surface area (Å²) in [4.78, 5) is 0. The fraction of sp³-hybridized carbons (Fsp3) is 0.333. The van der Waals surface area contributed by atoms with Crippen LogP contribution in [0.2, 0.25) is 0 Å². The third-order valence-corrected chi connectivity index (χ3v) is 1.70. The van der Waals surface area contributed by atoms with Crippen molar-refractivity contribution in [2.24, 2.45) is 0 Å². The van der Waals surface area contributed by atoms with Crippen molar-refractivity contribution in [1.82, 2.24) is 5.32 Å². The van der Waals surface area contributed by atoms with Crippen molar-refractivity contribution in [3.05, 3.63) is 29.8 Å². The summed E-state index contributed by atoms with van der Waals surface area (Å²) in [7, 11) is 0. The molecule has 1 rings (SSSR count). The molecule has 0 bridgehead atoms. The Bertz CT molecular complexity index is 240. The minimum atomic E-state index is 0.306. The summed E-state index contributed by atoms with van der Waals surface area (Å²) >= 11 is 5.49. The van der Waals surface area contributed by atoms with Gasteiger partial charge in [0.1, 0.15) is 5.75 Å². The van der Waals surface area contributed by atoms with Crippen molar-refractivity contribution in [1.29, 1.82) is 0 Å². The Morgan fingerprint density at radius 2 is 2.25 bits per heavy atom. The minimum Gasteiger partial charge on any atom is -0.508 e. The summed E-state index contributed by atoms with van der Waals surface area (Å²) in [5.74, 6) is 0.916. The van der Waals surface area contributed by atoms with Gasteiger partial charge in [-0.3, -0.25) is 0 Å². The third-order valence-electron chi connectivity index (χ3n) is 1.51. The molecular weight excluding hydrogens is 174 g/mol. The number of aromatic hydroxyl groups is 1. The Morgan fingerprint density at radius 1 is 1.42 bits per heavy atom. The number of hydrogen-bond acceptors (Lipinski definition) is 2. The fourth-order valence-corrected chi connectivity index (χ4v) is 1.10. The number of rotatable bonds is 4. The Hall–Kier alpha value is -0.730. The van der Waals surface area contributed by atoms with Crippen LogP contribution in [0.5, 0.6) is 5.75 Å². The van der Waals surface area contributed by atoms with Crippen molar-refractivity contribution in [3.63, 3.8) is 0 Å². The highest BCUT2D eigenvalue weighted by Crippen LogP contribution is 2.10. The van der Waals surface area contributed by atoms with Crippen LogP contribution in [-0.4, -0.2) is 17.5 Å². The third kappa shape index (κ3) is 3.11. The van der Waals surface area contributed by atoms with E-state index in [1.807, 2.05) is 12.1 Å². The van der Waals surface area contributed by atoms with Crippen LogP contribution in [0.15, 0.2) is 24.3 Å². The van der Waals surface area contributed by atoms with E-state index >= 15 is 0 Å². The van der Waals surface area contributed by atoms with Crippen molar-refractivity contribution in [3.8, 4) is 5.75 Å². The first-order valence-corrected chi connectivity index (χ1v) is 4.41. The van der Waals surface area contributed by atoms with E-state index in [4.69, 9.17) is 16.7 Å². The van der Waals surface area contributed by atoms with Crippen LogP contribution >= 0.6 is 11.6 Å². The normalized spacial score (nSPS) is 10.1. The molecule has 12 heavy (non-hydrogen) atoms. The minimum absolute atomic E-state index is 0.306. The largest absolute Gasteiger partial charge is 0.508 e. The predicted octanol–water partition coefficient (Wildman–Crippen LogP) is 1.72. The Kier molecular flexibility index (Phi) is 3.91. The molecule has 0 fully saturated rings. The molecule has 0 spiro atoms. The summed E-state index contributed by atoms with van der Waals surface area (Å²) in [5, 5.41) is 12.3. The van der Waals surface area contributed by atoms with Crippen LogP contribution in [0.1, 0.15) is 5.56 Å². The first-order valence-electron chi connectivity index (χ1n) is 3.87. The van der Waals surface area contributed by atoms with Crippen molar-refractivity contribution >= 4 is 11.6 Å². The van der Waals surface area contributed by atoms with Gasteiger partial charge in [0.25, 0.3) is 0 Å². The van der Waals surface area contributed by atoms with Gasteiger partial charge in [0.2, 0.25) is 0 Å². The number of halogens is 1. The van der Waals surface area contributed by atoms with E-state index in [2.05, 4.69) is 5.32 Å². The average Bonchev–Trinajstić information content (AvgIpc) is 2.05.